The van der Waals surface area contributed by atoms with Gasteiger partial charge in [-0.05, 0) is 60.2 Å². The number of hydrogen-bond acceptors (Lipinski definition) is 6. The molecule has 5 nitrogen and oxygen atoms in total. The predicted molar refractivity (Wildman–Crippen MR) is 131 cm³/mol. The van der Waals surface area contributed by atoms with Crippen molar-refractivity contribution in [1.82, 2.24) is 0 Å². The van der Waals surface area contributed by atoms with Gasteiger partial charge in [0.2, 0.25) is 0 Å². The lowest BCUT2D eigenvalue weighted by atomic mass is 10.1. The Morgan fingerprint density at radius 2 is 1.75 bits per heavy atom. The monoisotopic (exact) mass is 481 g/mol. The molecule has 3 aromatic rings. The van der Waals surface area contributed by atoms with Crippen molar-refractivity contribution in [3.8, 4) is 11.5 Å². The zero-order valence-electron chi connectivity index (χ0n) is 16.8. The molecule has 0 N–H and O–H groups in total. The lowest BCUT2D eigenvalue weighted by Crippen LogP contribution is -2.27. The SMILES string of the molecule is COc1cc(/C=C2/SC(=S)N(c3ccccc3)C2=O)ccc1OC(=O)c1ccc(Cl)cc1. The highest BCUT2D eigenvalue weighted by Gasteiger charge is 2.33. The van der Waals surface area contributed by atoms with Gasteiger partial charge in [-0.25, -0.2) is 4.79 Å². The predicted octanol–water partition coefficient (Wildman–Crippen LogP) is 5.97. The fraction of sp³-hybridized carbons (Fsp3) is 0.0417. The highest BCUT2D eigenvalue weighted by atomic mass is 35.5. The van der Waals surface area contributed by atoms with Crippen LogP contribution in [0.1, 0.15) is 15.9 Å². The second kappa shape index (κ2) is 9.56. The number of nitrogens with zero attached hydrogens (tertiary/aromatic N) is 1. The van der Waals surface area contributed by atoms with Crippen LogP contribution in [0.4, 0.5) is 5.69 Å². The van der Waals surface area contributed by atoms with E-state index >= 15 is 0 Å². The third-order valence-electron chi connectivity index (χ3n) is 4.58. The Hall–Kier alpha value is -3.13. The molecule has 3 aromatic carbocycles. The molecule has 8 heteroatoms. The van der Waals surface area contributed by atoms with Crippen LogP contribution in [-0.4, -0.2) is 23.3 Å². The van der Waals surface area contributed by atoms with E-state index in [1.807, 2.05) is 30.3 Å². The van der Waals surface area contributed by atoms with Gasteiger partial charge in [0.25, 0.3) is 5.91 Å². The average molecular weight is 482 g/mol. The fourth-order valence-corrected chi connectivity index (χ4v) is 4.45. The molecule has 160 valence electrons. The molecule has 1 saturated heterocycles. The van der Waals surface area contributed by atoms with Crippen LogP contribution in [0.3, 0.4) is 0 Å². The van der Waals surface area contributed by atoms with Gasteiger partial charge in [-0.1, -0.05) is 59.8 Å². The number of anilines is 1. The quantitative estimate of drug-likeness (QED) is 0.193. The molecule has 0 spiro atoms. The zero-order valence-corrected chi connectivity index (χ0v) is 19.2. The number of hydrogen-bond donors (Lipinski definition) is 0. The first-order valence-electron chi connectivity index (χ1n) is 9.45. The van der Waals surface area contributed by atoms with Gasteiger partial charge in [0.15, 0.2) is 15.8 Å². The molecular formula is C24H16ClNO4S2. The number of ether oxygens (including phenoxy) is 2. The Morgan fingerprint density at radius 1 is 1.03 bits per heavy atom. The Balaban J connectivity index is 1.56. The summed E-state index contributed by atoms with van der Waals surface area (Å²) in [6, 6.07) is 20.7. The third kappa shape index (κ3) is 4.70. The summed E-state index contributed by atoms with van der Waals surface area (Å²) >= 11 is 12.5. The summed E-state index contributed by atoms with van der Waals surface area (Å²) in [4.78, 5) is 27.3. The van der Waals surface area contributed by atoms with Gasteiger partial charge in [0, 0.05) is 5.02 Å². The summed E-state index contributed by atoms with van der Waals surface area (Å²) in [5, 5.41) is 0.529. The molecule has 0 saturated carbocycles. The van der Waals surface area contributed by atoms with E-state index in [4.69, 9.17) is 33.3 Å². The summed E-state index contributed by atoms with van der Waals surface area (Å²) in [6.45, 7) is 0. The number of carbonyl (C=O) groups excluding carboxylic acids is 2. The van der Waals surface area contributed by atoms with Crippen molar-refractivity contribution >= 4 is 63.5 Å². The van der Waals surface area contributed by atoms with Crippen molar-refractivity contribution in [2.24, 2.45) is 0 Å². The van der Waals surface area contributed by atoms with E-state index in [-0.39, 0.29) is 11.7 Å². The Kier molecular flexibility index (Phi) is 6.60. The molecule has 0 aliphatic carbocycles. The second-order valence-electron chi connectivity index (χ2n) is 6.66. The minimum atomic E-state index is -0.531. The number of esters is 1. The number of benzene rings is 3. The molecule has 1 amide bonds. The van der Waals surface area contributed by atoms with Gasteiger partial charge in [0.1, 0.15) is 0 Å². The number of amides is 1. The molecule has 0 aromatic heterocycles. The summed E-state index contributed by atoms with van der Waals surface area (Å²) < 4.78 is 11.3. The molecular weight excluding hydrogens is 466 g/mol. The van der Waals surface area contributed by atoms with E-state index < -0.39 is 5.97 Å². The zero-order chi connectivity index (χ0) is 22.7. The Labute approximate surface area is 199 Å². The maximum atomic E-state index is 12.9. The largest absolute Gasteiger partial charge is 0.493 e. The van der Waals surface area contributed by atoms with Crippen molar-refractivity contribution < 1.29 is 19.1 Å². The van der Waals surface area contributed by atoms with E-state index in [0.717, 1.165) is 5.69 Å². The first-order valence-corrected chi connectivity index (χ1v) is 11.1. The molecule has 32 heavy (non-hydrogen) atoms. The number of carbonyl (C=O) groups is 2. The van der Waals surface area contributed by atoms with Crippen LogP contribution >= 0.6 is 35.6 Å². The van der Waals surface area contributed by atoms with Crippen LogP contribution in [0.15, 0.2) is 77.7 Å². The van der Waals surface area contributed by atoms with E-state index in [9.17, 15) is 9.59 Å². The molecule has 1 aliphatic rings. The molecule has 4 rings (SSSR count). The highest BCUT2D eigenvalue weighted by molar-refractivity contribution is 8.27. The summed E-state index contributed by atoms with van der Waals surface area (Å²) in [5.74, 6) is -0.0964. The highest BCUT2D eigenvalue weighted by Crippen LogP contribution is 2.37. The van der Waals surface area contributed by atoms with Gasteiger partial charge in [-0.3, -0.25) is 9.69 Å². The summed E-state index contributed by atoms with van der Waals surface area (Å²) in [7, 11) is 1.48. The van der Waals surface area contributed by atoms with Crippen molar-refractivity contribution in [2.45, 2.75) is 0 Å². The molecule has 1 aliphatic heterocycles. The molecule has 0 radical (unpaired) electrons. The molecule has 1 fully saturated rings. The van der Waals surface area contributed by atoms with Crippen molar-refractivity contribution in [3.63, 3.8) is 0 Å². The van der Waals surface area contributed by atoms with Crippen LogP contribution in [0.5, 0.6) is 11.5 Å². The van der Waals surface area contributed by atoms with Crippen LogP contribution in [0.2, 0.25) is 5.02 Å². The summed E-state index contributed by atoms with van der Waals surface area (Å²) in [5.41, 5.74) is 1.80. The lowest BCUT2D eigenvalue weighted by molar-refractivity contribution is -0.113. The second-order valence-corrected chi connectivity index (χ2v) is 8.77. The minimum Gasteiger partial charge on any atom is -0.493 e. The average Bonchev–Trinajstić information content (AvgIpc) is 3.08. The number of thiocarbonyl (C=S) groups is 1. The van der Waals surface area contributed by atoms with Crippen LogP contribution in [0, 0.1) is 0 Å². The van der Waals surface area contributed by atoms with Gasteiger partial charge in [-0.15, -0.1) is 0 Å². The Morgan fingerprint density at radius 3 is 2.44 bits per heavy atom. The normalized spacial score (nSPS) is 14.7. The topological polar surface area (TPSA) is 55.8 Å². The smallest absolute Gasteiger partial charge is 0.343 e. The molecule has 0 atom stereocenters. The maximum Gasteiger partial charge on any atom is 0.343 e. The minimum absolute atomic E-state index is 0.191. The third-order valence-corrected chi connectivity index (χ3v) is 6.13. The first kappa shape index (κ1) is 22.1. The number of thioether (sulfide) groups is 1. The fourth-order valence-electron chi connectivity index (χ4n) is 3.02. The van der Waals surface area contributed by atoms with Crippen LogP contribution < -0.4 is 14.4 Å². The van der Waals surface area contributed by atoms with Crippen LogP contribution in [-0.2, 0) is 4.79 Å². The van der Waals surface area contributed by atoms with E-state index in [1.54, 1.807) is 48.5 Å². The van der Waals surface area contributed by atoms with Crippen molar-refractivity contribution in [3.05, 3.63) is 93.9 Å². The standard InChI is InChI=1S/C24H16ClNO4S2/c1-29-20-13-15(7-12-19(20)30-23(28)16-8-10-17(25)11-9-16)14-21-22(27)26(24(31)32-21)18-5-3-2-4-6-18/h2-14H,1H3/b21-14+. The maximum absolute atomic E-state index is 12.9. The molecule has 1 heterocycles. The number of methoxy groups -OCH3 is 1. The number of rotatable bonds is 5. The van der Waals surface area contributed by atoms with Gasteiger partial charge in [0.05, 0.1) is 23.3 Å². The van der Waals surface area contributed by atoms with Gasteiger partial charge >= 0.3 is 5.97 Å². The van der Waals surface area contributed by atoms with E-state index in [2.05, 4.69) is 0 Å². The molecule has 0 unspecified atom stereocenters. The molecule has 0 bridgehead atoms. The van der Waals surface area contributed by atoms with Crippen molar-refractivity contribution in [1.29, 1.82) is 0 Å². The van der Waals surface area contributed by atoms with Crippen molar-refractivity contribution in [2.75, 3.05) is 12.0 Å². The number of para-hydroxylation sites is 1. The van der Waals surface area contributed by atoms with Crippen LogP contribution in [0.25, 0.3) is 6.08 Å². The van der Waals surface area contributed by atoms with Gasteiger partial charge < -0.3 is 9.47 Å². The number of halogens is 1. The Bertz CT molecular complexity index is 1230. The lowest BCUT2D eigenvalue weighted by Gasteiger charge is -2.13. The summed E-state index contributed by atoms with van der Waals surface area (Å²) in [6.07, 6.45) is 1.73. The van der Waals surface area contributed by atoms with Gasteiger partial charge in [-0.2, -0.15) is 0 Å². The first-order chi connectivity index (χ1) is 15.5. The van der Waals surface area contributed by atoms with E-state index in [0.29, 0.717) is 31.1 Å². The van der Waals surface area contributed by atoms with E-state index in [1.165, 1.54) is 23.8 Å².